The second kappa shape index (κ2) is 5.07. The van der Waals surface area contributed by atoms with Gasteiger partial charge in [-0.1, -0.05) is 0 Å². The molecule has 0 saturated heterocycles. The molecule has 96 valence electrons. The summed E-state index contributed by atoms with van der Waals surface area (Å²) in [6.07, 6.45) is 3.95. The molecule has 1 aromatic rings. The molecule has 3 heteroatoms. The van der Waals surface area contributed by atoms with E-state index in [-0.39, 0.29) is 5.54 Å². The van der Waals surface area contributed by atoms with E-state index in [1.54, 1.807) is 11.3 Å². The standard InChI is InChI=1S/C14H24N2S/c1-10-16-13(9-17-10)7-11-5-6-12(11)8-15-14(2,3)4/h9,11-12,15H,5-8H2,1-4H3. The number of rotatable bonds is 4. The van der Waals surface area contributed by atoms with Crippen LogP contribution in [0.4, 0.5) is 0 Å². The third-order valence-corrected chi connectivity index (χ3v) is 4.43. The van der Waals surface area contributed by atoms with Gasteiger partial charge in [-0.15, -0.1) is 11.3 Å². The summed E-state index contributed by atoms with van der Waals surface area (Å²) >= 11 is 1.77. The molecule has 1 aliphatic carbocycles. The largest absolute Gasteiger partial charge is 0.312 e. The average molecular weight is 252 g/mol. The Kier molecular flexibility index (Phi) is 3.88. The topological polar surface area (TPSA) is 24.9 Å². The fraction of sp³-hybridized carbons (Fsp3) is 0.786. The summed E-state index contributed by atoms with van der Waals surface area (Å²) in [6, 6.07) is 0. The highest BCUT2D eigenvalue weighted by atomic mass is 32.1. The van der Waals surface area contributed by atoms with E-state index in [4.69, 9.17) is 0 Å². The molecule has 1 saturated carbocycles. The van der Waals surface area contributed by atoms with Crippen LogP contribution in [-0.4, -0.2) is 17.1 Å². The van der Waals surface area contributed by atoms with Crippen LogP contribution in [0.5, 0.6) is 0 Å². The smallest absolute Gasteiger partial charge is 0.0897 e. The first kappa shape index (κ1) is 13.0. The van der Waals surface area contributed by atoms with Crippen molar-refractivity contribution in [2.75, 3.05) is 6.54 Å². The predicted octanol–water partition coefficient (Wildman–Crippen LogP) is 3.41. The Hall–Kier alpha value is -0.410. The van der Waals surface area contributed by atoms with Crippen molar-refractivity contribution in [3.05, 3.63) is 16.1 Å². The Morgan fingerprint density at radius 2 is 2.06 bits per heavy atom. The van der Waals surface area contributed by atoms with E-state index in [1.807, 2.05) is 0 Å². The molecule has 1 fully saturated rings. The Morgan fingerprint density at radius 1 is 1.35 bits per heavy atom. The van der Waals surface area contributed by atoms with Gasteiger partial charge in [0.25, 0.3) is 0 Å². The van der Waals surface area contributed by atoms with E-state index in [2.05, 4.69) is 43.4 Å². The van der Waals surface area contributed by atoms with Crippen molar-refractivity contribution in [2.24, 2.45) is 11.8 Å². The lowest BCUT2D eigenvalue weighted by Crippen LogP contribution is -2.44. The van der Waals surface area contributed by atoms with Gasteiger partial charge >= 0.3 is 0 Å². The van der Waals surface area contributed by atoms with Gasteiger partial charge in [0.1, 0.15) is 0 Å². The molecule has 2 rings (SSSR count). The van der Waals surface area contributed by atoms with E-state index < -0.39 is 0 Å². The van der Waals surface area contributed by atoms with Gasteiger partial charge in [-0.2, -0.15) is 0 Å². The van der Waals surface area contributed by atoms with Gasteiger partial charge in [0.15, 0.2) is 0 Å². The SMILES string of the molecule is Cc1nc(CC2CCC2CNC(C)(C)C)cs1. The van der Waals surface area contributed by atoms with Crippen molar-refractivity contribution in [1.29, 1.82) is 0 Å². The summed E-state index contributed by atoms with van der Waals surface area (Å²) in [5.41, 5.74) is 1.55. The first-order chi connectivity index (χ1) is 7.94. The minimum Gasteiger partial charge on any atom is -0.312 e. The highest BCUT2D eigenvalue weighted by Crippen LogP contribution is 2.36. The van der Waals surface area contributed by atoms with Crippen molar-refractivity contribution < 1.29 is 0 Å². The highest BCUT2D eigenvalue weighted by molar-refractivity contribution is 7.09. The van der Waals surface area contributed by atoms with Crippen LogP contribution in [0.25, 0.3) is 0 Å². The van der Waals surface area contributed by atoms with Gasteiger partial charge in [-0.3, -0.25) is 0 Å². The molecule has 2 atom stereocenters. The number of hydrogen-bond donors (Lipinski definition) is 1. The van der Waals surface area contributed by atoms with Crippen molar-refractivity contribution in [3.8, 4) is 0 Å². The fourth-order valence-corrected chi connectivity index (χ4v) is 3.01. The fourth-order valence-electron chi connectivity index (χ4n) is 2.38. The molecule has 0 aliphatic heterocycles. The van der Waals surface area contributed by atoms with E-state index in [1.165, 1.54) is 30.0 Å². The van der Waals surface area contributed by atoms with Crippen LogP contribution in [0.15, 0.2) is 5.38 Å². The molecule has 2 unspecified atom stereocenters. The molecule has 0 radical (unpaired) electrons. The van der Waals surface area contributed by atoms with Gasteiger partial charge in [0, 0.05) is 10.9 Å². The molecule has 2 nitrogen and oxygen atoms in total. The molecule has 0 bridgehead atoms. The molecule has 1 heterocycles. The predicted molar refractivity (Wildman–Crippen MR) is 74.5 cm³/mol. The van der Waals surface area contributed by atoms with E-state index in [0.29, 0.717) is 0 Å². The first-order valence-electron chi connectivity index (χ1n) is 6.60. The average Bonchev–Trinajstić information content (AvgIpc) is 2.57. The number of thiazole rings is 1. The van der Waals surface area contributed by atoms with Crippen LogP contribution >= 0.6 is 11.3 Å². The Bertz CT molecular complexity index is 365. The summed E-state index contributed by atoms with van der Waals surface area (Å²) in [5.74, 6) is 1.71. The lowest BCUT2D eigenvalue weighted by atomic mass is 9.71. The zero-order valence-electron chi connectivity index (χ0n) is 11.4. The number of nitrogens with zero attached hydrogens (tertiary/aromatic N) is 1. The summed E-state index contributed by atoms with van der Waals surface area (Å²) in [5, 5.41) is 7.05. The summed E-state index contributed by atoms with van der Waals surface area (Å²) in [7, 11) is 0. The van der Waals surface area contributed by atoms with E-state index >= 15 is 0 Å². The third kappa shape index (κ3) is 3.78. The minimum atomic E-state index is 0.247. The Morgan fingerprint density at radius 3 is 2.53 bits per heavy atom. The second-order valence-corrected chi connectivity index (χ2v) is 7.35. The summed E-state index contributed by atoms with van der Waals surface area (Å²) < 4.78 is 0. The zero-order chi connectivity index (χ0) is 12.5. The van der Waals surface area contributed by atoms with Gasteiger partial charge in [0.2, 0.25) is 0 Å². The van der Waals surface area contributed by atoms with Crippen LogP contribution in [0.2, 0.25) is 0 Å². The van der Waals surface area contributed by atoms with Crippen LogP contribution in [0, 0.1) is 18.8 Å². The number of hydrogen-bond acceptors (Lipinski definition) is 3. The molecule has 0 aromatic carbocycles. The molecule has 0 spiro atoms. The van der Waals surface area contributed by atoms with Gasteiger partial charge in [-0.05, 0) is 65.3 Å². The number of aryl methyl sites for hydroxylation is 1. The van der Waals surface area contributed by atoms with Gasteiger partial charge < -0.3 is 5.32 Å². The Labute approximate surface area is 109 Å². The van der Waals surface area contributed by atoms with Gasteiger partial charge in [-0.25, -0.2) is 4.98 Å². The molecule has 1 N–H and O–H groups in total. The van der Waals surface area contributed by atoms with Crippen LogP contribution < -0.4 is 5.32 Å². The number of nitrogens with one attached hydrogen (secondary N) is 1. The van der Waals surface area contributed by atoms with E-state index in [9.17, 15) is 0 Å². The summed E-state index contributed by atoms with van der Waals surface area (Å²) in [6.45, 7) is 9.98. The van der Waals surface area contributed by atoms with E-state index in [0.717, 1.165) is 18.4 Å². The molecule has 0 amide bonds. The molecular formula is C14H24N2S. The maximum absolute atomic E-state index is 4.57. The molecule has 1 aromatic heterocycles. The van der Waals surface area contributed by atoms with Crippen molar-refractivity contribution in [1.82, 2.24) is 10.3 Å². The molecular weight excluding hydrogens is 228 g/mol. The van der Waals surface area contributed by atoms with Crippen LogP contribution in [0.1, 0.15) is 44.3 Å². The quantitative estimate of drug-likeness (QED) is 0.888. The van der Waals surface area contributed by atoms with Crippen LogP contribution in [-0.2, 0) is 6.42 Å². The van der Waals surface area contributed by atoms with Crippen LogP contribution in [0.3, 0.4) is 0 Å². The maximum atomic E-state index is 4.57. The first-order valence-corrected chi connectivity index (χ1v) is 7.48. The maximum Gasteiger partial charge on any atom is 0.0897 e. The molecule has 1 aliphatic rings. The highest BCUT2D eigenvalue weighted by Gasteiger charge is 2.31. The monoisotopic (exact) mass is 252 g/mol. The van der Waals surface area contributed by atoms with Gasteiger partial charge in [0.05, 0.1) is 10.7 Å². The number of aromatic nitrogens is 1. The normalized spacial score (nSPS) is 24.7. The van der Waals surface area contributed by atoms with Crippen molar-refractivity contribution >= 4 is 11.3 Å². The lowest BCUT2D eigenvalue weighted by Gasteiger charge is -2.38. The lowest BCUT2D eigenvalue weighted by molar-refractivity contribution is 0.158. The summed E-state index contributed by atoms with van der Waals surface area (Å²) in [4.78, 5) is 4.57. The Balaban J connectivity index is 1.79. The zero-order valence-corrected chi connectivity index (χ0v) is 12.2. The minimum absolute atomic E-state index is 0.247. The van der Waals surface area contributed by atoms with Crippen molar-refractivity contribution in [2.45, 2.75) is 52.5 Å². The second-order valence-electron chi connectivity index (χ2n) is 6.29. The molecule has 17 heavy (non-hydrogen) atoms. The third-order valence-electron chi connectivity index (χ3n) is 3.61. The van der Waals surface area contributed by atoms with Crippen molar-refractivity contribution in [3.63, 3.8) is 0 Å².